The smallest absolute Gasteiger partial charge is 0.0887 e. The Hall–Kier alpha value is -0.930. The van der Waals surface area contributed by atoms with E-state index >= 15 is 0 Å². The van der Waals surface area contributed by atoms with Gasteiger partial charge in [0.2, 0.25) is 0 Å². The third-order valence-corrected chi connectivity index (χ3v) is 4.43. The number of nitrogens with zero attached hydrogens (tertiary/aromatic N) is 1. The molecule has 1 aliphatic heterocycles. The summed E-state index contributed by atoms with van der Waals surface area (Å²) in [5.41, 5.74) is 2.40. The van der Waals surface area contributed by atoms with Crippen molar-refractivity contribution in [2.75, 3.05) is 6.61 Å². The topological polar surface area (TPSA) is 42.4 Å². The predicted molar refractivity (Wildman–Crippen MR) is 69.4 cm³/mol. The van der Waals surface area contributed by atoms with E-state index in [0.717, 1.165) is 38.0 Å². The van der Waals surface area contributed by atoms with E-state index in [1.165, 1.54) is 5.56 Å². The molecule has 18 heavy (non-hydrogen) atoms. The molecule has 3 heteroatoms. The van der Waals surface area contributed by atoms with Gasteiger partial charge < -0.3 is 9.84 Å². The highest BCUT2D eigenvalue weighted by Gasteiger charge is 2.38. The normalized spacial score (nSPS) is 33.1. The SMILES string of the molecule is CC1CCOC1C(O)C1CCCc2cccnc21. The van der Waals surface area contributed by atoms with Crippen molar-refractivity contribution in [2.24, 2.45) is 5.92 Å². The molecule has 0 amide bonds. The standard InChI is InChI=1S/C15H21NO2/c1-10-7-9-18-15(10)14(17)12-6-2-4-11-5-3-8-16-13(11)12/h3,5,8,10,12,14-15,17H,2,4,6-7,9H2,1H3. The molecule has 1 aliphatic carbocycles. The lowest BCUT2D eigenvalue weighted by molar-refractivity contribution is -0.0328. The van der Waals surface area contributed by atoms with Gasteiger partial charge >= 0.3 is 0 Å². The second-order valence-electron chi connectivity index (χ2n) is 5.64. The lowest BCUT2D eigenvalue weighted by Crippen LogP contribution is -2.37. The van der Waals surface area contributed by atoms with Crippen molar-refractivity contribution in [3.8, 4) is 0 Å². The van der Waals surface area contributed by atoms with Gasteiger partial charge in [-0.25, -0.2) is 0 Å². The van der Waals surface area contributed by atoms with Crippen molar-refractivity contribution < 1.29 is 9.84 Å². The predicted octanol–water partition coefficient (Wildman–Crippen LogP) is 2.29. The van der Waals surface area contributed by atoms with Crippen LogP contribution in [0.2, 0.25) is 0 Å². The van der Waals surface area contributed by atoms with Crippen molar-refractivity contribution >= 4 is 0 Å². The van der Waals surface area contributed by atoms with Crippen LogP contribution in [-0.4, -0.2) is 28.9 Å². The second-order valence-corrected chi connectivity index (χ2v) is 5.64. The molecule has 0 saturated carbocycles. The van der Waals surface area contributed by atoms with Crippen LogP contribution in [0.5, 0.6) is 0 Å². The Morgan fingerprint density at radius 2 is 2.33 bits per heavy atom. The minimum atomic E-state index is -0.406. The first-order chi connectivity index (χ1) is 8.77. The maximum atomic E-state index is 10.6. The zero-order valence-corrected chi connectivity index (χ0v) is 10.9. The number of hydrogen-bond donors (Lipinski definition) is 1. The summed E-state index contributed by atoms with van der Waals surface area (Å²) in [7, 11) is 0. The minimum Gasteiger partial charge on any atom is -0.390 e. The van der Waals surface area contributed by atoms with E-state index in [1.807, 2.05) is 12.3 Å². The molecule has 0 spiro atoms. The Balaban J connectivity index is 1.84. The summed E-state index contributed by atoms with van der Waals surface area (Å²) in [5, 5.41) is 10.6. The van der Waals surface area contributed by atoms with Gasteiger partial charge in [-0.2, -0.15) is 0 Å². The molecule has 0 radical (unpaired) electrons. The highest BCUT2D eigenvalue weighted by atomic mass is 16.5. The molecule has 1 saturated heterocycles. The van der Waals surface area contributed by atoms with Crippen LogP contribution in [0, 0.1) is 5.92 Å². The fraction of sp³-hybridized carbons (Fsp3) is 0.667. The molecule has 98 valence electrons. The van der Waals surface area contributed by atoms with Crippen molar-refractivity contribution in [1.29, 1.82) is 0 Å². The number of aliphatic hydroxyl groups is 1. The van der Waals surface area contributed by atoms with Crippen molar-refractivity contribution in [3.05, 3.63) is 29.6 Å². The largest absolute Gasteiger partial charge is 0.390 e. The number of hydrogen-bond acceptors (Lipinski definition) is 3. The number of ether oxygens (including phenoxy) is 1. The average Bonchev–Trinajstić information content (AvgIpc) is 2.83. The van der Waals surface area contributed by atoms with Gasteiger partial charge in [-0.1, -0.05) is 13.0 Å². The number of pyridine rings is 1. The molecule has 1 aromatic heterocycles. The molecule has 3 nitrogen and oxygen atoms in total. The third kappa shape index (κ3) is 2.06. The summed E-state index contributed by atoms with van der Waals surface area (Å²) in [6.07, 6.45) is 5.73. The van der Waals surface area contributed by atoms with Crippen LogP contribution in [0.3, 0.4) is 0 Å². The summed E-state index contributed by atoms with van der Waals surface area (Å²) in [5.74, 6) is 0.606. The summed E-state index contributed by atoms with van der Waals surface area (Å²) in [6.45, 7) is 2.95. The first-order valence-corrected chi connectivity index (χ1v) is 7.01. The van der Waals surface area contributed by atoms with Gasteiger partial charge in [-0.3, -0.25) is 4.98 Å². The van der Waals surface area contributed by atoms with E-state index in [2.05, 4.69) is 18.0 Å². The molecule has 4 atom stereocenters. The monoisotopic (exact) mass is 247 g/mol. The van der Waals surface area contributed by atoms with Gasteiger partial charge in [0.1, 0.15) is 0 Å². The van der Waals surface area contributed by atoms with Gasteiger partial charge in [0.05, 0.1) is 12.2 Å². The molecule has 1 N–H and O–H groups in total. The Bertz CT molecular complexity index is 421. The maximum Gasteiger partial charge on any atom is 0.0887 e. The highest BCUT2D eigenvalue weighted by Crippen LogP contribution is 2.37. The van der Waals surface area contributed by atoms with Crippen LogP contribution >= 0.6 is 0 Å². The van der Waals surface area contributed by atoms with Crippen LogP contribution in [0.1, 0.15) is 43.4 Å². The van der Waals surface area contributed by atoms with Gasteiger partial charge in [-0.15, -0.1) is 0 Å². The first kappa shape index (κ1) is 12.1. The van der Waals surface area contributed by atoms with Crippen LogP contribution < -0.4 is 0 Å². The molecule has 0 bridgehead atoms. The van der Waals surface area contributed by atoms with Gasteiger partial charge in [0.25, 0.3) is 0 Å². The van der Waals surface area contributed by atoms with Crippen LogP contribution in [0.25, 0.3) is 0 Å². The Labute approximate surface area is 108 Å². The second kappa shape index (κ2) is 4.98. The summed E-state index contributed by atoms with van der Waals surface area (Å²) >= 11 is 0. The Kier molecular flexibility index (Phi) is 3.35. The van der Waals surface area contributed by atoms with Crippen molar-refractivity contribution in [1.82, 2.24) is 4.98 Å². The minimum absolute atomic E-state index is 0.0112. The molecule has 3 rings (SSSR count). The van der Waals surface area contributed by atoms with Gasteiger partial charge in [0, 0.05) is 24.4 Å². The van der Waals surface area contributed by atoms with E-state index < -0.39 is 6.10 Å². The zero-order valence-electron chi connectivity index (χ0n) is 10.9. The van der Waals surface area contributed by atoms with Crippen LogP contribution in [-0.2, 0) is 11.2 Å². The van der Waals surface area contributed by atoms with Crippen molar-refractivity contribution in [3.63, 3.8) is 0 Å². The van der Waals surface area contributed by atoms with Crippen LogP contribution in [0.15, 0.2) is 18.3 Å². The molecule has 2 aliphatic rings. The molecular weight excluding hydrogens is 226 g/mol. The molecular formula is C15H21NO2. The first-order valence-electron chi connectivity index (χ1n) is 7.01. The third-order valence-electron chi connectivity index (χ3n) is 4.43. The molecule has 2 heterocycles. The lowest BCUT2D eigenvalue weighted by atomic mass is 9.79. The molecule has 4 unspecified atom stereocenters. The summed E-state index contributed by atoms with van der Waals surface area (Å²) in [6, 6.07) is 4.13. The number of aliphatic hydroxyl groups excluding tert-OH is 1. The fourth-order valence-corrected chi connectivity index (χ4v) is 3.36. The summed E-state index contributed by atoms with van der Waals surface area (Å²) in [4.78, 5) is 4.50. The van der Waals surface area contributed by atoms with Crippen LogP contribution in [0.4, 0.5) is 0 Å². The Morgan fingerprint density at radius 1 is 1.44 bits per heavy atom. The average molecular weight is 247 g/mol. The van der Waals surface area contributed by atoms with E-state index in [0.29, 0.717) is 5.92 Å². The van der Waals surface area contributed by atoms with Crippen molar-refractivity contribution in [2.45, 2.75) is 50.7 Å². The number of aromatic nitrogens is 1. The lowest BCUT2D eigenvalue weighted by Gasteiger charge is -2.32. The zero-order chi connectivity index (χ0) is 12.5. The van der Waals surface area contributed by atoms with E-state index in [-0.39, 0.29) is 12.0 Å². The van der Waals surface area contributed by atoms with E-state index in [4.69, 9.17) is 4.74 Å². The highest BCUT2D eigenvalue weighted by molar-refractivity contribution is 5.27. The summed E-state index contributed by atoms with van der Waals surface area (Å²) < 4.78 is 5.72. The van der Waals surface area contributed by atoms with E-state index in [1.54, 1.807) is 0 Å². The van der Waals surface area contributed by atoms with E-state index in [9.17, 15) is 5.11 Å². The maximum absolute atomic E-state index is 10.6. The molecule has 0 aromatic carbocycles. The molecule has 1 aromatic rings. The Morgan fingerprint density at radius 3 is 3.11 bits per heavy atom. The van der Waals surface area contributed by atoms with Gasteiger partial charge in [0.15, 0.2) is 0 Å². The number of fused-ring (bicyclic) bond motifs is 1. The quantitative estimate of drug-likeness (QED) is 0.872. The van der Waals surface area contributed by atoms with Gasteiger partial charge in [-0.05, 0) is 43.2 Å². The molecule has 1 fully saturated rings. The number of aryl methyl sites for hydroxylation is 1. The fourth-order valence-electron chi connectivity index (χ4n) is 3.36. The number of rotatable bonds is 2.